The minimum absolute atomic E-state index is 0. The van der Waals surface area contributed by atoms with E-state index in [4.69, 9.17) is 0 Å². The van der Waals surface area contributed by atoms with Crippen LogP contribution in [-0.2, 0) is 9.59 Å². The van der Waals surface area contributed by atoms with E-state index in [1.165, 1.54) is 64.2 Å². The highest BCUT2D eigenvalue weighted by atomic mass is 35.5. The lowest BCUT2D eigenvalue weighted by atomic mass is 9.44. The van der Waals surface area contributed by atoms with Gasteiger partial charge in [-0.25, -0.2) is 0 Å². The summed E-state index contributed by atoms with van der Waals surface area (Å²) in [5.41, 5.74) is 0.772. The molecule has 9 atom stereocenters. The fourth-order valence-corrected chi connectivity index (χ4v) is 9.88. The van der Waals surface area contributed by atoms with Crippen molar-refractivity contribution in [1.82, 2.24) is 0 Å². The Morgan fingerprint density at radius 2 is 1.60 bits per heavy atom. The van der Waals surface area contributed by atoms with Crippen LogP contribution in [0.3, 0.4) is 0 Å². The number of carboxylic acid groups (broad SMARTS) is 1. The number of fused-ring (bicyclic) bond motifs is 5. The Hall–Kier alpha value is -0.610. The maximum Gasteiger partial charge on any atom is 0.309 e. The van der Waals surface area contributed by atoms with Crippen LogP contribution < -0.4 is 12.4 Å². The van der Waals surface area contributed by atoms with Crippen LogP contribution in [0.15, 0.2) is 0 Å². The number of hydrogen-bond acceptors (Lipinski definition) is 2. The van der Waals surface area contributed by atoms with Gasteiger partial charge in [-0.15, -0.1) is 0 Å². The standard InChI is InChI=1S/C30H51NO3.ClH/c1-20(32)25-12-13-26-24-11-10-22-18-21(8-7-9-23(19-28(33)34)31(4,5)6)14-16-29(22,2)27(24)15-17-30(25,26)3;/h21-27H,7-19H2,1-6H3;1H/t21-,22-,23?,24?,25?,26?,27?,29+,30-;/m1./s1. The molecule has 4 aliphatic carbocycles. The van der Waals surface area contributed by atoms with Gasteiger partial charge in [-0.3, -0.25) is 9.59 Å². The molecule has 1 N–H and O–H groups in total. The van der Waals surface area contributed by atoms with E-state index in [2.05, 4.69) is 35.0 Å². The van der Waals surface area contributed by atoms with E-state index >= 15 is 0 Å². The Balaban J connectivity index is 0.00000342. The third-order valence-electron chi connectivity index (χ3n) is 11.9. The van der Waals surface area contributed by atoms with Crippen LogP contribution in [0, 0.1) is 46.3 Å². The molecule has 4 nitrogen and oxygen atoms in total. The van der Waals surface area contributed by atoms with Crippen molar-refractivity contribution in [1.29, 1.82) is 0 Å². The number of ketones is 1. The molecule has 4 rings (SSSR count). The number of carbonyl (C=O) groups excluding carboxylic acids is 1. The van der Waals surface area contributed by atoms with Gasteiger partial charge in [0.05, 0.1) is 33.6 Å². The van der Waals surface area contributed by atoms with Crippen molar-refractivity contribution < 1.29 is 31.6 Å². The van der Waals surface area contributed by atoms with Crippen LogP contribution in [0.25, 0.3) is 0 Å². The van der Waals surface area contributed by atoms with Crippen molar-refractivity contribution >= 4 is 11.8 Å². The van der Waals surface area contributed by atoms with Gasteiger partial charge in [0.15, 0.2) is 0 Å². The Labute approximate surface area is 221 Å². The van der Waals surface area contributed by atoms with Gasteiger partial charge in [-0.2, -0.15) is 0 Å². The Morgan fingerprint density at radius 3 is 2.23 bits per heavy atom. The SMILES string of the molecule is CC(=O)C1CCC2C3CC[C@@H]4C[C@H](CCCC(CC(=O)O)[N+](C)(C)C)CC[C@]4(C)C3CC[C@]12C.[Cl-]. The number of hydrogen-bond donors (Lipinski definition) is 1. The lowest BCUT2D eigenvalue weighted by Gasteiger charge is -2.61. The van der Waals surface area contributed by atoms with Gasteiger partial charge in [0, 0.05) is 12.3 Å². The molecule has 0 radical (unpaired) electrons. The predicted molar refractivity (Wildman–Crippen MR) is 137 cm³/mol. The summed E-state index contributed by atoms with van der Waals surface area (Å²) in [5, 5.41) is 9.34. The predicted octanol–water partition coefficient (Wildman–Crippen LogP) is 3.57. The van der Waals surface area contributed by atoms with E-state index in [0.29, 0.717) is 17.1 Å². The van der Waals surface area contributed by atoms with Crippen molar-refractivity contribution in [3.05, 3.63) is 0 Å². The molecule has 0 spiro atoms. The van der Waals surface area contributed by atoms with Gasteiger partial charge >= 0.3 is 5.97 Å². The highest BCUT2D eigenvalue weighted by Gasteiger charge is 2.60. The third kappa shape index (κ3) is 5.49. The van der Waals surface area contributed by atoms with E-state index in [0.717, 1.165) is 46.9 Å². The van der Waals surface area contributed by atoms with Crippen LogP contribution >= 0.6 is 0 Å². The molecule has 0 saturated heterocycles. The highest BCUT2D eigenvalue weighted by molar-refractivity contribution is 5.79. The van der Waals surface area contributed by atoms with Gasteiger partial charge in [0.2, 0.25) is 0 Å². The quantitative estimate of drug-likeness (QED) is 0.509. The number of nitrogens with zero attached hydrogens (tertiary/aromatic N) is 1. The molecule has 5 unspecified atom stereocenters. The average Bonchev–Trinajstić information content (AvgIpc) is 3.09. The van der Waals surface area contributed by atoms with Crippen LogP contribution in [-0.4, -0.2) is 48.5 Å². The molecule has 4 saturated carbocycles. The molecule has 0 amide bonds. The average molecular weight is 510 g/mol. The lowest BCUT2D eigenvalue weighted by Crippen LogP contribution is -3.00. The van der Waals surface area contributed by atoms with Crippen molar-refractivity contribution in [3.63, 3.8) is 0 Å². The third-order valence-corrected chi connectivity index (χ3v) is 11.9. The first-order valence-corrected chi connectivity index (χ1v) is 14.4. The molecule has 0 bridgehead atoms. The van der Waals surface area contributed by atoms with E-state index in [1.54, 1.807) is 0 Å². The monoisotopic (exact) mass is 509 g/mol. The van der Waals surface area contributed by atoms with Crippen LogP contribution in [0.4, 0.5) is 0 Å². The fraction of sp³-hybridized carbons (Fsp3) is 0.933. The maximum atomic E-state index is 12.4. The molecule has 4 fully saturated rings. The fourth-order valence-electron chi connectivity index (χ4n) is 9.88. The molecule has 0 aliphatic heterocycles. The zero-order valence-electron chi connectivity index (χ0n) is 23.3. The zero-order valence-corrected chi connectivity index (χ0v) is 24.1. The second kappa shape index (κ2) is 10.6. The van der Waals surface area contributed by atoms with Crippen molar-refractivity contribution in [2.75, 3.05) is 21.1 Å². The van der Waals surface area contributed by atoms with Crippen LogP contribution in [0.2, 0.25) is 0 Å². The number of carboxylic acids is 1. The summed E-state index contributed by atoms with van der Waals surface area (Å²) in [5.74, 6) is 4.29. The molecule has 5 heteroatoms. The summed E-state index contributed by atoms with van der Waals surface area (Å²) in [6.07, 6.45) is 15.7. The van der Waals surface area contributed by atoms with Crippen molar-refractivity contribution in [3.8, 4) is 0 Å². The summed E-state index contributed by atoms with van der Waals surface area (Å²) in [7, 11) is 6.41. The Kier molecular flexibility index (Phi) is 8.80. The van der Waals surface area contributed by atoms with Gasteiger partial charge in [0.25, 0.3) is 0 Å². The highest BCUT2D eigenvalue weighted by Crippen LogP contribution is 2.68. The molecule has 4 aliphatic rings. The van der Waals surface area contributed by atoms with Crippen LogP contribution in [0.5, 0.6) is 0 Å². The largest absolute Gasteiger partial charge is 1.00 e. The molecule has 0 aromatic heterocycles. The second-order valence-corrected chi connectivity index (χ2v) is 14.4. The summed E-state index contributed by atoms with van der Waals surface area (Å²) < 4.78 is 0.741. The number of halogens is 1. The summed E-state index contributed by atoms with van der Waals surface area (Å²) in [6.45, 7) is 6.95. The molecule has 35 heavy (non-hydrogen) atoms. The molecular formula is C30H52ClNO3. The Morgan fingerprint density at radius 1 is 0.943 bits per heavy atom. The second-order valence-electron chi connectivity index (χ2n) is 14.4. The van der Waals surface area contributed by atoms with Crippen LogP contribution in [0.1, 0.15) is 104 Å². The van der Waals surface area contributed by atoms with Crippen molar-refractivity contribution in [2.24, 2.45) is 46.3 Å². The molecule has 202 valence electrons. The van der Waals surface area contributed by atoms with Gasteiger partial charge in [0.1, 0.15) is 5.78 Å². The first-order valence-electron chi connectivity index (χ1n) is 14.4. The molecule has 0 aromatic rings. The van der Waals surface area contributed by atoms with E-state index in [9.17, 15) is 14.7 Å². The number of quaternary nitrogens is 1. The normalized spacial score (nSPS) is 41.7. The van der Waals surface area contributed by atoms with Gasteiger partial charge in [-0.05, 0) is 112 Å². The van der Waals surface area contributed by atoms with Gasteiger partial charge in [-0.1, -0.05) is 20.3 Å². The molecule has 0 heterocycles. The minimum atomic E-state index is -0.663. The minimum Gasteiger partial charge on any atom is -1.00 e. The zero-order chi connectivity index (χ0) is 24.9. The van der Waals surface area contributed by atoms with E-state index in [1.807, 2.05) is 6.92 Å². The van der Waals surface area contributed by atoms with Gasteiger partial charge < -0.3 is 22.0 Å². The van der Waals surface area contributed by atoms with E-state index < -0.39 is 5.97 Å². The first kappa shape index (κ1) is 29.0. The number of aliphatic carboxylic acids is 1. The Bertz CT molecular complexity index is 778. The smallest absolute Gasteiger partial charge is 0.309 e. The molecular weight excluding hydrogens is 458 g/mol. The van der Waals surface area contributed by atoms with Crippen molar-refractivity contribution in [2.45, 2.75) is 110 Å². The number of carbonyl (C=O) groups is 2. The lowest BCUT2D eigenvalue weighted by molar-refractivity contribution is -0.895. The van der Waals surface area contributed by atoms with E-state index in [-0.39, 0.29) is 30.3 Å². The number of Topliss-reactive ketones (excluding diaryl/α,β-unsaturated/α-hetero) is 1. The molecule has 0 aromatic carbocycles. The first-order chi connectivity index (χ1) is 15.9. The topological polar surface area (TPSA) is 54.4 Å². The number of rotatable bonds is 8. The maximum absolute atomic E-state index is 12.4. The summed E-state index contributed by atoms with van der Waals surface area (Å²) in [6, 6.07) is 0.212. The summed E-state index contributed by atoms with van der Waals surface area (Å²) >= 11 is 0. The summed E-state index contributed by atoms with van der Waals surface area (Å²) in [4.78, 5) is 23.7.